The van der Waals surface area contributed by atoms with Crippen molar-refractivity contribution in [3.63, 3.8) is 0 Å². The Kier molecular flexibility index (Phi) is 5.96. The van der Waals surface area contributed by atoms with Gasteiger partial charge < -0.3 is 4.57 Å². The van der Waals surface area contributed by atoms with Gasteiger partial charge in [-0.1, -0.05) is 78.3 Å². The summed E-state index contributed by atoms with van der Waals surface area (Å²) in [6.07, 6.45) is 2.02. The van der Waals surface area contributed by atoms with Crippen molar-refractivity contribution >= 4 is 34.6 Å². The minimum absolute atomic E-state index is 0.144. The fourth-order valence-corrected chi connectivity index (χ4v) is 3.81. The lowest BCUT2D eigenvalue weighted by molar-refractivity contribution is -0.120. The zero-order valence-corrected chi connectivity index (χ0v) is 17.4. The van der Waals surface area contributed by atoms with E-state index in [1.165, 1.54) is 0 Å². The highest BCUT2D eigenvalue weighted by molar-refractivity contribution is 6.31. The summed E-state index contributed by atoms with van der Waals surface area (Å²) in [6, 6.07) is 25.7. The zero-order valence-electron chi connectivity index (χ0n) is 16.7. The molecule has 3 aromatic carbocycles. The summed E-state index contributed by atoms with van der Waals surface area (Å²) in [5, 5.41) is 6.06. The Labute approximate surface area is 180 Å². The van der Waals surface area contributed by atoms with Crippen molar-refractivity contribution in [2.24, 2.45) is 5.10 Å². The Balaban J connectivity index is 1.58. The molecule has 0 radical (unpaired) electrons. The van der Waals surface area contributed by atoms with E-state index in [1.54, 1.807) is 6.21 Å². The van der Waals surface area contributed by atoms with Gasteiger partial charge in [0.25, 0.3) is 0 Å². The average Bonchev–Trinajstić information content (AvgIpc) is 3.02. The van der Waals surface area contributed by atoms with Crippen molar-refractivity contribution in [1.29, 1.82) is 0 Å². The molecule has 4 nitrogen and oxygen atoms in total. The van der Waals surface area contributed by atoms with E-state index >= 15 is 0 Å². The first kappa shape index (κ1) is 19.9. The van der Waals surface area contributed by atoms with Crippen molar-refractivity contribution < 1.29 is 4.79 Å². The van der Waals surface area contributed by atoms with Crippen LogP contribution >= 0.6 is 11.6 Å². The summed E-state index contributed by atoms with van der Waals surface area (Å²) in [5.74, 6) is -0.144. The van der Waals surface area contributed by atoms with Crippen molar-refractivity contribution in [2.75, 3.05) is 0 Å². The Morgan fingerprint density at radius 2 is 1.70 bits per heavy atom. The molecule has 0 aliphatic heterocycles. The van der Waals surface area contributed by atoms with Gasteiger partial charge in [-0.25, -0.2) is 5.43 Å². The second-order valence-corrected chi connectivity index (χ2v) is 7.56. The lowest BCUT2D eigenvalue weighted by Crippen LogP contribution is -2.19. The molecule has 0 bridgehead atoms. The van der Waals surface area contributed by atoms with E-state index in [1.807, 2.05) is 66.7 Å². The zero-order chi connectivity index (χ0) is 20.9. The van der Waals surface area contributed by atoms with Crippen LogP contribution in [0.25, 0.3) is 10.9 Å². The molecule has 4 aromatic rings. The number of benzene rings is 3. The molecular weight excluding hydrogens is 394 g/mol. The molecule has 150 valence electrons. The van der Waals surface area contributed by atoms with Crippen LogP contribution in [0.1, 0.15) is 22.4 Å². The maximum Gasteiger partial charge on any atom is 0.244 e. The summed E-state index contributed by atoms with van der Waals surface area (Å²) in [6.45, 7) is 2.73. The van der Waals surface area contributed by atoms with E-state index in [2.05, 4.69) is 34.2 Å². The average molecular weight is 416 g/mol. The van der Waals surface area contributed by atoms with Gasteiger partial charge in [0, 0.05) is 33.7 Å². The normalized spacial score (nSPS) is 11.3. The van der Waals surface area contributed by atoms with Crippen molar-refractivity contribution in [1.82, 2.24) is 9.99 Å². The summed E-state index contributed by atoms with van der Waals surface area (Å²) in [7, 11) is 0. The van der Waals surface area contributed by atoms with Crippen LogP contribution in [-0.4, -0.2) is 16.7 Å². The van der Waals surface area contributed by atoms with Crippen LogP contribution in [0.15, 0.2) is 84.0 Å². The lowest BCUT2D eigenvalue weighted by Gasteiger charge is -2.10. The van der Waals surface area contributed by atoms with E-state index in [0.717, 1.165) is 38.3 Å². The number of carbonyl (C=O) groups excluding carboxylic acids is 1. The Morgan fingerprint density at radius 3 is 2.50 bits per heavy atom. The van der Waals surface area contributed by atoms with Gasteiger partial charge in [-0.3, -0.25) is 4.79 Å². The molecule has 1 heterocycles. The molecule has 0 saturated carbocycles. The first-order valence-electron chi connectivity index (χ1n) is 9.80. The SMILES string of the molecule is Cc1c(/C=N/NC(=O)Cc2ccccc2)c2ccccc2n1Cc1ccccc1Cl. The van der Waals surface area contributed by atoms with Crippen LogP contribution < -0.4 is 5.43 Å². The maximum absolute atomic E-state index is 12.2. The van der Waals surface area contributed by atoms with Gasteiger partial charge in [-0.2, -0.15) is 5.10 Å². The predicted octanol–water partition coefficient (Wildman–Crippen LogP) is 5.34. The number of hydrogen-bond acceptors (Lipinski definition) is 2. The molecule has 1 amide bonds. The highest BCUT2D eigenvalue weighted by Gasteiger charge is 2.13. The van der Waals surface area contributed by atoms with Gasteiger partial charge in [0.2, 0.25) is 5.91 Å². The van der Waals surface area contributed by atoms with Crippen LogP contribution in [0, 0.1) is 6.92 Å². The van der Waals surface area contributed by atoms with Gasteiger partial charge >= 0.3 is 0 Å². The predicted molar refractivity (Wildman–Crippen MR) is 123 cm³/mol. The van der Waals surface area contributed by atoms with E-state index in [0.29, 0.717) is 13.0 Å². The van der Waals surface area contributed by atoms with Crippen LogP contribution in [0.3, 0.4) is 0 Å². The number of rotatable bonds is 6. The molecule has 4 rings (SSSR count). The van der Waals surface area contributed by atoms with Gasteiger partial charge in [0.15, 0.2) is 0 Å². The smallest absolute Gasteiger partial charge is 0.244 e. The lowest BCUT2D eigenvalue weighted by atomic mass is 10.1. The fraction of sp³-hybridized carbons (Fsp3) is 0.120. The molecule has 0 atom stereocenters. The third kappa shape index (κ3) is 4.29. The molecular formula is C25H22ClN3O. The first-order chi connectivity index (χ1) is 14.6. The minimum Gasteiger partial charge on any atom is -0.340 e. The Morgan fingerprint density at radius 1 is 1.00 bits per heavy atom. The minimum atomic E-state index is -0.144. The Hall–Kier alpha value is -3.37. The molecule has 0 saturated heterocycles. The van der Waals surface area contributed by atoms with Crippen molar-refractivity contribution in [3.05, 3.63) is 106 Å². The molecule has 0 spiro atoms. The van der Waals surface area contributed by atoms with Crippen molar-refractivity contribution in [2.45, 2.75) is 19.9 Å². The largest absolute Gasteiger partial charge is 0.340 e. The highest BCUT2D eigenvalue weighted by Crippen LogP contribution is 2.27. The summed E-state index contributed by atoms with van der Waals surface area (Å²) >= 11 is 6.38. The summed E-state index contributed by atoms with van der Waals surface area (Å²) in [4.78, 5) is 12.2. The number of para-hydroxylation sites is 1. The molecule has 1 N–H and O–H groups in total. The molecule has 0 fully saturated rings. The standard InChI is InChI=1S/C25H22ClN3O/c1-18-22(16-27-28-25(30)15-19-9-3-2-4-10-19)21-12-6-8-14-24(21)29(18)17-20-11-5-7-13-23(20)26/h2-14,16H,15,17H2,1H3,(H,28,30)/b27-16+. The highest BCUT2D eigenvalue weighted by atomic mass is 35.5. The quantitative estimate of drug-likeness (QED) is 0.335. The van der Waals surface area contributed by atoms with E-state index in [9.17, 15) is 4.79 Å². The third-order valence-electron chi connectivity index (χ3n) is 5.16. The van der Waals surface area contributed by atoms with Crippen LogP contribution in [0.2, 0.25) is 5.02 Å². The molecule has 1 aromatic heterocycles. The summed E-state index contributed by atoms with van der Waals surface area (Å²) in [5.41, 5.74) is 7.81. The number of hydrazone groups is 1. The molecule has 0 unspecified atom stereocenters. The van der Waals surface area contributed by atoms with Crippen LogP contribution in [0.5, 0.6) is 0 Å². The van der Waals surface area contributed by atoms with Crippen molar-refractivity contribution in [3.8, 4) is 0 Å². The number of amides is 1. The van der Waals surface area contributed by atoms with E-state index in [4.69, 9.17) is 11.6 Å². The number of carbonyl (C=O) groups is 1. The topological polar surface area (TPSA) is 46.4 Å². The second-order valence-electron chi connectivity index (χ2n) is 7.15. The monoisotopic (exact) mass is 415 g/mol. The second kappa shape index (κ2) is 8.97. The van der Waals surface area contributed by atoms with Gasteiger partial charge in [0.1, 0.15) is 0 Å². The number of hydrogen-bond donors (Lipinski definition) is 1. The van der Waals surface area contributed by atoms with Crippen LogP contribution in [-0.2, 0) is 17.8 Å². The van der Waals surface area contributed by atoms with E-state index in [-0.39, 0.29) is 5.91 Å². The molecule has 5 heteroatoms. The fourth-order valence-electron chi connectivity index (χ4n) is 3.61. The van der Waals surface area contributed by atoms with E-state index < -0.39 is 0 Å². The number of nitrogens with zero attached hydrogens (tertiary/aromatic N) is 2. The third-order valence-corrected chi connectivity index (χ3v) is 5.53. The number of halogens is 1. The maximum atomic E-state index is 12.2. The van der Waals surface area contributed by atoms with Crippen LogP contribution in [0.4, 0.5) is 0 Å². The number of nitrogens with one attached hydrogen (secondary N) is 1. The number of aromatic nitrogens is 1. The van der Waals surface area contributed by atoms with Gasteiger partial charge in [-0.05, 0) is 30.2 Å². The summed E-state index contributed by atoms with van der Waals surface area (Å²) < 4.78 is 2.23. The Bertz CT molecular complexity index is 1210. The number of fused-ring (bicyclic) bond motifs is 1. The van der Waals surface area contributed by atoms with Gasteiger partial charge in [0.05, 0.1) is 12.6 Å². The molecule has 0 aliphatic rings. The molecule has 0 aliphatic carbocycles. The van der Waals surface area contributed by atoms with Gasteiger partial charge in [-0.15, -0.1) is 0 Å². The first-order valence-corrected chi connectivity index (χ1v) is 10.2. The molecule has 30 heavy (non-hydrogen) atoms.